The molecule has 20 heteroatoms. The van der Waals surface area contributed by atoms with Crippen molar-refractivity contribution < 1.29 is 52.0 Å². The van der Waals surface area contributed by atoms with Gasteiger partial charge in [-0.05, 0) is 66.7 Å². The van der Waals surface area contributed by atoms with Gasteiger partial charge in [0.15, 0.2) is 0 Å². The summed E-state index contributed by atoms with van der Waals surface area (Å²) < 4.78 is 38.8. The van der Waals surface area contributed by atoms with Crippen molar-refractivity contribution in [1.82, 2.24) is 16.0 Å². The monoisotopic (exact) mass is 840 g/mol. The number of primary amides is 1. The Morgan fingerprint density at radius 1 is 0.776 bits per heavy atom. The van der Waals surface area contributed by atoms with Crippen LogP contribution in [0.15, 0.2) is 29.4 Å². The lowest BCUT2D eigenvalue weighted by Crippen LogP contribution is -2.54. The van der Waals surface area contributed by atoms with Gasteiger partial charge in [0, 0.05) is 30.1 Å². The van der Waals surface area contributed by atoms with Crippen LogP contribution in [-0.4, -0.2) is 137 Å². The number of benzene rings is 1. The summed E-state index contributed by atoms with van der Waals surface area (Å²) in [6.07, 6.45) is 0.591. The van der Waals surface area contributed by atoms with E-state index >= 15 is 0 Å². The van der Waals surface area contributed by atoms with E-state index in [2.05, 4.69) is 65.2 Å². The number of azide groups is 1. The van der Waals surface area contributed by atoms with Crippen LogP contribution in [0, 0.1) is 5.92 Å². The quantitative estimate of drug-likeness (QED) is 0.0223. The van der Waals surface area contributed by atoms with E-state index in [9.17, 15) is 19.2 Å². The van der Waals surface area contributed by atoms with Gasteiger partial charge in [0.2, 0.25) is 26.0 Å². The smallest absolute Gasteiger partial charge is 0.312 e. The maximum Gasteiger partial charge on any atom is 0.312 e. The van der Waals surface area contributed by atoms with Crippen molar-refractivity contribution in [2.75, 3.05) is 97.7 Å². The summed E-state index contributed by atoms with van der Waals surface area (Å²) in [6.45, 7) is 19.3. The van der Waals surface area contributed by atoms with Gasteiger partial charge in [-0.15, -0.1) is 0 Å². The number of nitrogens with two attached hydrogens (primary N) is 1. The molecule has 2 atom stereocenters. The van der Waals surface area contributed by atoms with Crippen molar-refractivity contribution in [1.29, 1.82) is 0 Å². The molecule has 0 unspecified atom stereocenters. The second kappa shape index (κ2) is 30.1. The number of rotatable bonds is 33. The van der Waals surface area contributed by atoms with Gasteiger partial charge in [0.05, 0.1) is 79.3 Å². The fourth-order valence-corrected chi connectivity index (χ4v) is 5.66. The molecule has 0 heterocycles. The van der Waals surface area contributed by atoms with Gasteiger partial charge in [0.25, 0.3) is 0 Å². The number of carbonyl (C=O) groups is 4. The predicted octanol–water partition coefficient (Wildman–Crippen LogP) is 3.88. The van der Waals surface area contributed by atoms with Gasteiger partial charge in [-0.1, -0.05) is 39.7 Å². The Morgan fingerprint density at radius 3 is 1.74 bits per heavy atom. The molecule has 0 spiro atoms. The van der Waals surface area contributed by atoms with Crippen molar-refractivity contribution in [2.24, 2.45) is 16.8 Å². The van der Waals surface area contributed by atoms with E-state index in [1.165, 1.54) is 0 Å². The third-order valence-electron chi connectivity index (χ3n) is 8.90. The minimum absolute atomic E-state index is 0.0223. The number of urea groups is 1. The van der Waals surface area contributed by atoms with E-state index in [1.807, 2.05) is 0 Å². The molecule has 19 nitrogen and oxygen atoms in total. The first-order valence-corrected chi connectivity index (χ1v) is 22.7. The highest BCUT2D eigenvalue weighted by Gasteiger charge is 2.39. The van der Waals surface area contributed by atoms with Crippen LogP contribution in [0.5, 0.6) is 5.75 Å². The normalized spacial score (nSPS) is 12.6. The van der Waals surface area contributed by atoms with Gasteiger partial charge < -0.3 is 59.8 Å². The number of nitrogens with zero attached hydrogens (tertiary/aromatic N) is 3. The summed E-state index contributed by atoms with van der Waals surface area (Å²) in [5, 5.41) is 14.3. The van der Waals surface area contributed by atoms with Crippen LogP contribution in [0.4, 0.5) is 10.5 Å². The number of carbonyl (C=O) groups excluding carboxylic acids is 4. The Labute approximate surface area is 344 Å². The largest absolute Gasteiger partial charge is 0.544 e. The van der Waals surface area contributed by atoms with E-state index in [4.69, 9.17) is 44.1 Å². The molecule has 0 saturated heterocycles. The fourth-order valence-electron chi connectivity index (χ4n) is 4.63. The van der Waals surface area contributed by atoms with Crippen LogP contribution in [0.1, 0.15) is 53.9 Å². The molecule has 6 N–H and O–H groups in total. The third-order valence-corrected chi connectivity index (χ3v) is 13.3. The molecule has 1 aromatic rings. The summed E-state index contributed by atoms with van der Waals surface area (Å²) in [4.78, 5) is 53.5. The second-order valence-corrected chi connectivity index (χ2v) is 19.8. The summed E-state index contributed by atoms with van der Waals surface area (Å²) in [6, 6.07) is 4.53. The highest BCUT2D eigenvalue weighted by Crippen LogP contribution is 2.37. The zero-order valence-corrected chi connectivity index (χ0v) is 36.5. The maximum atomic E-state index is 13.5. The van der Waals surface area contributed by atoms with Gasteiger partial charge in [-0.25, -0.2) is 4.79 Å². The minimum Gasteiger partial charge on any atom is -0.544 e. The van der Waals surface area contributed by atoms with E-state index in [1.54, 1.807) is 38.1 Å². The molecule has 0 aliphatic rings. The Bertz CT molecular complexity index is 1380. The SMILES string of the molecule is CC(C)[C@H](NC(=O)CCOCCOCCOCCOCCOCCOCCN=[N+]=[N-])C(=O)N[C@@H](CCCNC(N)=O)C(=O)Nc1ccc(O[Si](C)(C)C(C)(C)C)cc1. The molecular weight excluding hydrogens is 773 g/mol. The molecule has 0 aliphatic heterocycles. The van der Waals surface area contributed by atoms with E-state index in [0.717, 1.165) is 0 Å². The van der Waals surface area contributed by atoms with Crippen molar-refractivity contribution in [2.45, 2.75) is 84.1 Å². The van der Waals surface area contributed by atoms with Crippen LogP contribution >= 0.6 is 0 Å². The Hall–Kier alpha value is -4.01. The molecule has 1 rings (SSSR count). The average molecular weight is 841 g/mol. The number of anilines is 1. The zero-order chi connectivity index (χ0) is 43.2. The van der Waals surface area contributed by atoms with Gasteiger partial charge in [-0.2, -0.15) is 0 Å². The number of hydrogen-bond acceptors (Lipinski definition) is 12. The van der Waals surface area contributed by atoms with Crippen molar-refractivity contribution in [3.8, 4) is 5.75 Å². The predicted molar refractivity (Wildman–Crippen MR) is 222 cm³/mol. The summed E-state index contributed by atoms with van der Waals surface area (Å²) in [5.41, 5.74) is 13.9. The molecule has 0 aliphatic carbocycles. The van der Waals surface area contributed by atoms with Crippen LogP contribution < -0.4 is 31.4 Å². The van der Waals surface area contributed by atoms with E-state index < -0.39 is 38.2 Å². The molecule has 330 valence electrons. The Kier molecular flexibility index (Phi) is 27.0. The molecule has 5 amide bonds. The summed E-state index contributed by atoms with van der Waals surface area (Å²) in [5.74, 6) is -0.916. The Morgan fingerprint density at radius 2 is 1.28 bits per heavy atom. The lowest BCUT2D eigenvalue weighted by atomic mass is 10.0. The number of hydrogen-bond donors (Lipinski definition) is 5. The van der Waals surface area contributed by atoms with Crippen molar-refractivity contribution in [3.05, 3.63) is 34.7 Å². The lowest BCUT2D eigenvalue weighted by molar-refractivity contribution is -0.132. The minimum atomic E-state index is -2.05. The second-order valence-electron chi connectivity index (χ2n) is 15.0. The van der Waals surface area contributed by atoms with Gasteiger partial charge >= 0.3 is 6.03 Å². The lowest BCUT2D eigenvalue weighted by Gasteiger charge is -2.36. The van der Waals surface area contributed by atoms with Gasteiger partial charge in [0.1, 0.15) is 17.8 Å². The molecule has 0 fully saturated rings. The topological polar surface area (TPSA) is 256 Å². The summed E-state index contributed by atoms with van der Waals surface area (Å²) >= 11 is 0. The highest BCUT2D eigenvalue weighted by molar-refractivity contribution is 6.74. The molecule has 0 saturated carbocycles. The van der Waals surface area contributed by atoms with Crippen LogP contribution in [0.25, 0.3) is 10.4 Å². The third kappa shape index (κ3) is 24.7. The molecule has 0 bridgehead atoms. The van der Waals surface area contributed by atoms with Crippen molar-refractivity contribution in [3.63, 3.8) is 0 Å². The maximum absolute atomic E-state index is 13.5. The molecule has 58 heavy (non-hydrogen) atoms. The number of amides is 5. The van der Waals surface area contributed by atoms with Crippen LogP contribution in [0.3, 0.4) is 0 Å². The molecular formula is C38H68N8O11Si. The van der Waals surface area contributed by atoms with Crippen LogP contribution in [0.2, 0.25) is 18.1 Å². The van der Waals surface area contributed by atoms with Crippen LogP contribution in [-0.2, 0) is 42.8 Å². The standard InChI is InChI=1S/C38H68N8O11Si/c1-29(2)34(45-33(47)14-17-51-19-21-53-23-25-55-27-28-56-26-24-54-22-20-52-18-16-42-46-40)36(49)44-32(9-8-15-41-37(39)50)35(48)43-30-10-12-31(13-11-30)57-58(6,7)38(3,4)5/h10-13,29,32,34H,8-9,14-28H2,1-7H3,(H,43,48)(H,44,49)(H,45,47)(H3,39,41,50)/t32-,34-/m0/s1. The first-order chi connectivity index (χ1) is 27.6. The van der Waals surface area contributed by atoms with E-state index in [0.29, 0.717) is 90.5 Å². The first-order valence-electron chi connectivity index (χ1n) is 19.8. The van der Waals surface area contributed by atoms with Crippen molar-refractivity contribution >= 4 is 37.8 Å². The zero-order valence-electron chi connectivity index (χ0n) is 35.5. The molecule has 0 aromatic heterocycles. The van der Waals surface area contributed by atoms with E-state index in [-0.39, 0.29) is 49.5 Å². The highest BCUT2D eigenvalue weighted by atomic mass is 28.4. The Balaban J connectivity index is 2.41. The molecule has 1 aromatic carbocycles. The summed E-state index contributed by atoms with van der Waals surface area (Å²) in [7, 11) is -2.05. The number of ether oxygens (including phenoxy) is 6. The fraction of sp³-hybridized carbons (Fsp3) is 0.737. The number of nitrogens with one attached hydrogen (secondary N) is 4. The first kappa shape index (κ1) is 52.0. The molecule has 0 radical (unpaired) electrons. The van der Waals surface area contributed by atoms with Gasteiger partial charge in [-0.3, -0.25) is 14.4 Å². The average Bonchev–Trinajstić information content (AvgIpc) is 3.15.